The van der Waals surface area contributed by atoms with E-state index in [2.05, 4.69) is 42.5 Å². The molecule has 1 saturated heterocycles. The second-order valence-electron chi connectivity index (χ2n) is 5.26. The quantitative estimate of drug-likeness (QED) is 0.764. The highest BCUT2D eigenvalue weighted by Gasteiger charge is 2.25. The first-order valence-electron chi connectivity index (χ1n) is 6.32. The summed E-state index contributed by atoms with van der Waals surface area (Å²) >= 11 is 0. The lowest BCUT2D eigenvalue weighted by molar-refractivity contribution is 0.164. The first-order chi connectivity index (χ1) is 7.59. The summed E-state index contributed by atoms with van der Waals surface area (Å²) < 4.78 is 2.06. The molecule has 1 atom stereocenters. The van der Waals surface area contributed by atoms with Gasteiger partial charge in [-0.2, -0.15) is 5.10 Å². The van der Waals surface area contributed by atoms with Crippen LogP contribution in [0.15, 0.2) is 6.20 Å². The van der Waals surface area contributed by atoms with Gasteiger partial charge in [-0.15, -0.1) is 0 Å². The van der Waals surface area contributed by atoms with Crippen molar-refractivity contribution in [1.82, 2.24) is 14.7 Å². The standard InChI is InChI=1S/C13H23N3/c1-10(2)16-7-5-6-12(9-16)13-11(3)8-14-15(13)4/h8,10,12H,5-7,9H2,1-4H3. The molecule has 2 rings (SSSR count). The third kappa shape index (κ3) is 2.14. The van der Waals surface area contributed by atoms with Gasteiger partial charge < -0.3 is 4.90 Å². The van der Waals surface area contributed by atoms with Crippen molar-refractivity contribution in [2.24, 2.45) is 7.05 Å². The second-order valence-corrected chi connectivity index (χ2v) is 5.26. The van der Waals surface area contributed by atoms with E-state index in [0.717, 1.165) is 0 Å². The highest BCUT2D eigenvalue weighted by molar-refractivity contribution is 5.21. The van der Waals surface area contributed by atoms with E-state index < -0.39 is 0 Å². The molecule has 0 spiro atoms. The zero-order valence-corrected chi connectivity index (χ0v) is 10.9. The number of piperidine rings is 1. The maximum Gasteiger partial charge on any atom is 0.0521 e. The Hall–Kier alpha value is -0.830. The van der Waals surface area contributed by atoms with Gasteiger partial charge in [0.2, 0.25) is 0 Å². The van der Waals surface area contributed by atoms with Crippen molar-refractivity contribution < 1.29 is 0 Å². The van der Waals surface area contributed by atoms with Crippen molar-refractivity contribution in [1.29, 1.82) is 0 Å². The minimum atomic E-state index is 0.663. The maximum absolute atomic E-state index is 4.36. The highest BCUT2D eigenvalue weighted by atomic mass is 15.3. The fraction of sp³-hybridized carbons (Fsp3) is 0.769. The Kier molecular flexibility index (Phi) is 3.33. The number of aromatic nitrogens is 2. The molecule has 0 aromatic carbocycles. The molecule has 1 aromatic heterocycles. The van der Waals surface area contributed by atoms with E-state index in [9.17, 15) is 0 Å². The number of aryl methyl sites for hydroxylation is 2. The number of likely N-dealkylation sites (tertiary alicyclic amines) is 1. The second kappa shape index (κ2) is 4.58. The Labute approximate surface area is 98.4 Å². The summed E-state index contributed by atoms with van der Waals surface area (Å²) in [6, 6.07) is 0.663. The summed E-state index contributed by atoms with van der Waals surface area (Å²) in [7, 11) is 2.07. The molecule has 3 heteroatoms. The number of hydrogen-bond donors (Lipinski definition) is 0. The number of hydrogen-bond acceptors (Lipinski definition) is 2. The average molecular weight is 221 g/mol. The Morgan fingerprint density at radius 2 is 2.19 bits per heavy atom. The summed E-state index contributed by atoms with van der Waals surface area (Å²) in [6.07, 6.45) is 4.61. The minimum absolute atomic E-state index is 0.663. The van der Waals surface area contributed by atoms with Crippen molar-refractivity contribution in [3.05, 3.63) is 17.5 Å². The molecule has 0 bridgehead atoms. The van der Waals surface area contributed by atoms with Crippen molar-refractivity contribution >= 4 is 0 Å². The number of nitrogens with zero attached hydrogens (tertiary/aromatic N) is 3. The zero-order valence-electron chi connectivity index (χ0n) is 10.9. The average Bonchev–Trinajstić information content (AvgIpc) is 2.59. The minimum Gasteiger partial charge on any atom is -0.300 e. The molecule has 1 aliphatic rings. The molecular formula is C13H23N3. The van der Waals surface area contributed by atoms with Gasteiger partial charge in [-0.1, -0.05) is 0 Å². The van der Waals surface area contributed by atoms with Crippen LogP contribution in [0.3, 0.4) is 0 Å². The van der Waals surface area contributed by atoms with Crippen molar-refractivity contribution in [2.45, 2.75) is 45.6 Å². The van der Waals surface area contributed by atoms with Crippen molar-refractivity contribution in [3.8, 4) is 0 Å². The number of rotatable bonds is 2. The first-order valence-corrected chi connectivity index (χ1v) is 6.32. The predicted molar refractivity (Wildman–Crippen MR) is 66.6 cm³/mol. The third-order valence-electron chi connectivity index (χ3n) is 3.75. The van der Waals surface area contributed by atoms with Crippen LogP contribution in [-0.4, -0.2) is 33.8 Å². The normalized spacial score (nSPS) is 22.9. The van der Waals surface area contributed by atoms with Crippen LogP contribution in [-0.2, 0) is 7.05 Å². The van der Waals surface area contributed by atoms with E-state index in [1.807, 2.05) is 6.20 Å². The summed E-state index contributed by atoms with van der Waals surface area (Å²) in [5.41, 5.74) is 2.78. The monoisotopic (exact) mass is 221 g/mol. The smallest absolute Gasteiger partial charge is 0.0521 e. The molecule has 1 fully saturated rings. The van der Waals surface area contributed by atoms with Gasteiger partial charge in [0, 0.05) is 31.2 Å². The van der Waals surface area contributed by atoms with Crippen LogP contribution in [0.1, 0.15) is 43.9 Å². The molecule has 0 radical (unpaired) electrons. The maximum atomic E-state index is 4.36. The van der Waals surface area contributed by atoms with Crippen LogP contribution < -0.4 is 0 Å². The van der Waals surface area contributed by atoms with E-state index in [0.29, 0.717) is 12.0 Å². The summed E-state index contributed by atoms with van der Waals surface area (Å²) in [4.78, 5) is 2.58. The van der Waals surface area contributed by atoms with Crippen molar-refractivity contribution in [3.63, 3.8) is 0 Å². The van der Waals surface area contributed by atoms with Gasteiger partial charge in [-0.25, -0.2) is 0 Å². The lowest BCUT2D eigenvalue weighted by Gasteiger charge is -2.35. The van der Waals surface area contributed by atoms with Gasteiger partial charge in [0.25, 0.3) is 0 Å². The molecule has 1 aromatic rings. The predicted octanol–water partition coefficient (Wildman–Crippen LogP) is 2.32. The Bertz CT molecular complexity index is 335. The third-order valence-corrected chi connectivity index (χ3v) is 3.75. The van der Waals surface area contributed by atoms with Crippen LogP contribution in [0, 0.1) is 6.92 Å². The van der Waals surface area contributed by atoms with Gasteiger partial charge in [0.05, 0.1) is 6.20 Å². The van der Waals surface area contributed by atoms with Gasteiger partial charge in [-0.05, 0) is 45.7 Å². The Morgan fingerprint density at radius 1 is 1.44 bits per heavy atom. The fourth-order valence-electron chi connectivity index (χ4n) is 2.84. The molecule has 1 aliphatic heterocycles. The zero-order chi connectivity index (χ0) is 11.7. The van der Waals surface area contributed by atoms with Crippen molar-refractivity contribution in [2.75, 3.05) is 13.1 Å². The molecular weight excluding hydrogens is 198 g/mol. The molecule has 16 heavy (non-hydrogen) atoms. The topological polar surface area (TPSA) is 21.1 Å². The van der Waals surface area contributed by atoms with E-state index in [4.69, 9.17) is 0 Å². The van der Waals surface area contributed by atoms with E-state index in [-0.39, 0.29) is 0 Å². The van der Waals surface area contributed by atoms with E-state index in [1.54, 1.807) is 0 Å². The molecule has 90 valence electrons. The van der Waals surface area contributed by atoms with Gasteiger partial charge in [0.1, 0.15) is 0 Å². The lowest BCUT2D eigenvalue weighted by Crippen LogP contribution is -2.39. The van der Waals surface area contributed by atoms with Gasteiger partial charge in [0.15, 0.2) is 0 Å². The summed E-state index contributed by atoms with van der Waals surface area (Å²) in [6.45, 7) is 9.21. The summed E-state index contributed by atoms with van der Waals surface area (Å²) in [5.74, 6) is 0.670. The van der Waals surface area contributed by atoms with Gasteiger partial charge >= 0.3 is 0 Å². The van der Waals surface area contributed by atoms with Crippen LogP contribution in [0.2, 0.25) is 0 Å². The fourth-order valence-corrected chi connectivity index (χ4v) is 2.84. The molecule has 0 N–H and O–H groups in total. The Morgan fingerprint density at radius 3 is 2.75 bits per heavy atom. The largest absolute Gasteiger partial charge is 0.300 e. The Balaban J connectivity index is 2.16. The van der Waals surface area contributed by atoms with Crippen LogP contribution in [0.25, 0.3) is 0 Å². The van der Waals surface area contributed by atoms with Crippen LogP contribution in [0.5, 0.6) is 0 Å². The van der Waals surface area contributed by atoms with Crippen LogP contribution in [0.4, 0.5) is 0 Å². The highest BCUT2D eigenvalue weighted by Crippen LogP contribution is 2.29. The van der Waals surface area contributed by atoms with Crippen LogP contribution >= 0.6 is 0 Å². The lowest BCUT2D eigenvalue weighted by atomic mass is 9.92. The molecule has 0 amide bonds. The van der Waals surface area contributed by atoms with E-state index >= 15 is 0 Å². The molecule has 0 saturated carbocycles. The molecule has 3 nitrogen and oxygen atoms in total. The summed E-state index contributed by atoms with van der Waals surface area (Å²) in [5, 5.41) is 4.36. The van der Waals surface area contributed by atoms with Gasteiger partial charge in [-0.3, -0.25) is 4.68 Å². The first kappa shape index (κ1) is 11.6. The van der Waals surface area contributed by atoms with E-state index in [1.165, 1.54) is 37.2 Å². The molecule has 0 aliphatic carbocycles. The SMILES string of the molecule is Cc1cnn(C)c1C1CCCN(C(C)C)C1. The molecule has 1 unspecified atom stereocenters. The molecule has 2 heterocycles.